The number of aromatic nitrogens is 4. The average Bonchev–Trinajstić information content (AvgIpc) is 2.70. The minimum Gasteiger partial charge on any atom is -0.250 e. The molecule has 2 heterocycles. The number of halogens is 1. The number of nitrogens with zero attached hydrogens (tertiary/aromatic N) is 4. The molecule has 0 amide bonds. The SMILES string of the molecule is Cc1cnn(-c2c(CBr)c(C)nn2C)c1. The molecule has 5 heteroatoms. The Labute approximate surface area is 97.0 Å². The molecule has 0 aliphatic rings. The monoisotopic (exact) mass is 268 g/mol. The van der Waals surface area contributed by atoms with Gasteiger partial charge in [-0.05, 0) is 19.4 Å². The normalized spacial score (nSPS) is 10.9. The number of alkyl halides is 1. The highest BCUT2D eigenvalue weighted by molar-refractivity contribution is 9.08. The van der Waals surface area contributed by atoms with E-state index in [0.29, 0.717) is 0 Å². The van der Waals surface area contributed by atoms with E-state index < -0.39 is 0 Å². The van der Waals surface area contributed by atoms with Crippen molar-refractivity contribution in [3.8, 4) is 5.82 Å². The summed E-state index contributed by atoms with van der Waals surface area (Å²) < 4.78 is 3.73. The van der Waals surface area contributed by atoms with Gasteiger partial charge in [-0.3, -0.25) is 4.68 Å². The molecule has 0 aliphatic heterocycles. The molecule has 0 N–H and O–H groups in total. The maximum Gasteiger partial charge on any atom is 0.155 e. The molecule has 0 aromatic carbocycles. The molecule has 0 radical (unpaired) electrons. The Morgan fingerprint density at radius 3 is 2.67 bits per heavy atom. The van der Waals surface area contributed by atoms with Gasteiger partial charge < -0.3 is 0 Å². The highest BCUT2D eigenvalue weighted by Crippen LogP contribution is 2.20. The smallest absolute Gasteiger partial charge is 0.155 e. The molecule has 0 fully saturated rings. The third-order valence-electron chi connectivity index (χ3n) is 2.38. The van der Waals surface area contributed by atoms with Crippen LogP contribution in [-0.4, -0.2) is 19.6 Å². The second-order valence-corrected chi connectivity index (χ2v) is 4.17. The van der Waals surface area contributed by atoms with Gasteiger partial charge in [-0.2, -0.15) is 10.2 Å². The lowest BCUT2D eigenvalue weighted by molar-refractivity contribution is 0.692. The molecule has 15 heavy (non-hydrogen) atoms. The number of hydrogen-bond donors (Lipinski definition) is 0. The summed E-state index contributed by atoms with van der Waals surface area (Å²) in [4.78, 5) is 0. The first-order valence-corrected chi connectivity index (χ1v) is 5.85. The molecule has 0 spiro atoms. The van der Waals surface area contributed by atoms with Crippen LogP contribution in [0, 0.1) is 13.8 Å². The van der Waals surface area contributed by atoms with Crippen LogP contribution < -0.4 is 0 Å². The summed E-state index contributed by atoms with van der Waals surface area (Å²) in [6.07, 6.45) is 3.85. The van der Waals surface area contributed by atoms with Crippen LogP contribution in [0.5, 0.6) is 0 Å². The molecule has 0 aliphatic carbocycles. The van der Waals surface area contributed by atoms with Crippen molar-refractivity contribution in [3.63, 3.8) is 0 Å². The highest BCUT2D eigenvalue weighted by Gasteiger charge is 2.14. The van der Waals surface area contributed by atoms with E-state index in [0.717, 1.165) is 22.4 Å². The highest BCUT2D eigenvalue weighted by atomic mass is 79.9. The molecule has 0 saturated carbocycles. The summed E-state index contributed by atoms with van der Waals surface area (Å²) in [7, 11) is 1.94. The molecule has 80 valence electrons. The Kier molecular flexibility index (Phi) is 2.65. The summed E-state index contributed by atoms with van der Waals surface area (Å²) >= 11 is 3.48. The van der Waals surface area contributed by atoms with E-state index in [4.69, 9.17) is 0 Å². The number of aryl methyl sites for hydroxylation is 3. The van der Waals surface area contributed by atoms with E-state index >= 15 is 0 Å². The quantitative estimate of drug-likeness (QED) is 0.783. The van der Waals surface area contributed by atoms with Crippen LogP contribution in [0.25, 0.3) is 5.82 Å². The first-order chi connectivity index (χ1) is 7.13. The molecule has 2 aromatic rings. The molecule has 0 atom stereocenters. The van der Waals surface area contributed by atoms with Crippen LogP contribution >= 0.6 is 15.9 Å². The van der Waals surface area contributed by atoms with E-state index in [2.05, 4.69) is 26.1 Å². The van der Waals surface area contributed by atoms with Crippen LogP contribution in [0.2, 0.25) is 0 Å². The zero-order valence-electron chi connectivity index (χ0n) is 9.03. The van der Waals surface area contributed by atoms with Crippen molar-refractivity contribution in [1.29, 1.82) is 0 Å². The van der Waals surface area contributed by atoms with E-state index in [9.17, 15) is 0 Å². The lowest BCUT2D eigenvalue weighted by Gasteiger charge is -2.03. The van der Waals surface area contributed by atoms with Gasteiger partial charge in [0.1, 0.15) is 0 Å². The van der Waals surface area contributed by atoms with Gasteiger partial charge >= 0.3 is 0 Å². The molecular weight excluding hydrogens is 256 g/mol. The van der Waals surface area contributed by atoms with Gasteiger partial charge in [0.25, 0.3) is 0 Å². The van der Waals surface area contributed by atoms with Crippen molar-refractivity contribution in [1.82, 2.24) is 19.6 Å². The molecule has 2 aromatic heterocycles. The van der Waals surface area contributed by atoms with Gasteiger partial charge in [0.2, 0.25) is 0 Å². The van der Waals surface area contributed by atoms with E-state index in [1.54, 1.807) is 0 Å². The van der Waals surface area contributed by atoms with Crippen LogP contribution in [0.15, 0.2) is 12.4 Å². The van der Waals surface area contributed by atoms with Gasteiger partial charge in [-0.1, -0.05) is 15.9 Å². The standard InChI is InChI=1S/C10H13BrN4/c1-7-5-12-15(6-7)10-9(4-11)8(2)13-14(10)3/h5-6H,4H2,1-3H3. The van der Waals surface area contributed by atoms with Gasteiger partial charge in [0, 0.05) is 24.1 Å². The second kappa shape index (κ2) is 3.81. The van der Waals surface area contributed by atoms with Crippen molar-refractivity contribution in [2.24, 2.45) is 7.05 Å². The summed E-state index contributed by atoms with van der Waals surface area (Å²) in [5, 5.41) is 9.49. The largest absolute Gasteiger partial charge is 0.250 e. The van der Waals surface area contributed by atoms with Crippen molar-refractivity contribution >= 4 is 15.9 Å². The van der Waals surface area contributed by atoms with Crippen molar-refractivity contribution in [2.75, 3.05) is 0 Å². The lowest BCUT2D eigenvalue weighted by atomic mass is 10.3. The summed E-state index contributed by atoms with van der Waals surface area (Å²) in [5.74, 6) is 1.03. The average molecular weight is 269 g/mol. The molecule has 0 saturated heterocycles. The van der Waals surface area contributed by atoms with Crippen LogP contribution in [0.1, 0.15) is 16.8 Å². The Morgan fingerprint density at radius 2 is 2.13 bits per heavy atom. The van der Waals surface area contributed by atoms with Crippen molar-refractivity contribution < 1.29 is 0 Å². The zero-order valence-corrected chi connectivity index (χ0v) is 10.6. The van der Waals surface area contributed by atoms with E-state index in [1.807, 2.05) is 42.7 Å². The fraction of sp³-hybridized carbons (Fsp3) is 0.400. The van der Waals surface area contributed by atoms with Gasteiger partial charge in [0.05, 0.1) is 11.9 Å². The topological polar surface area (TPSA) is 35.6 Å². The van der Waals surface area contributed by atoms with Crippen LogP contribution in [0.4, 0.5) is 0 Å². The summed E-state index contributed by atoms with van der Waals surface area (Å²) in [6, 6.07) is 0. The Bertz CT molecular complexity index is 484. The Morgan fingerprint density at radius 1 is 1.40 bits per heavy atom. The molecule has 0 unspecified atom stereocenters. The molecule has 0 bridgehead atoms. The van der Waals surface area contributed by atoms with E-state index in [-0.39, 0.29) is 0 Å². The first kappa shape index (κ1) is 10.4. The van der Waals surface area contributed by atoms with Crippen LogP contribution in [-0.2, 0) is 12.4 Å². The second-order valence-electron chi connectivity index (χ2n) is 3.61. The van der Waals surface area contributed by atoms with Gasteiger partial charge in [0.15, 0.2) is 5.82 Å². The maximum absolute atomic E-state index is 4.39. The molecular formula is C10H13BrN4. The Balaban J connectivity index is 2.61. The number of rotatable bonds is 2. The lowest BCUT2D eigenvalue weighted by Crippen LogP contribution is -2.05. The first-order valence-electron chi connectivity index (χ1n) is 4.73. The zero-order chi connectivity index (χ0) is 11.0. The molecule has 2 rings (SSSR count). The van der Waals surface area contributed by atoms with Crippen LogP contribution in [0.3, 0.4) is 0 Å². The Hall–Kier alpha value is -1.10. The van der Waals surface area contributed by atoms with E-state index in [1.165, 1.54) is 5.56 Å². The predicted octanol–water partition coefficient (Wildman–Crippen LogP) is 2.12. The fourth-order valence-electron chi connectivity index (χ4n) is 1.66. The summed E-state index contributed by atoms with van der Waals surface area (Å²) in [6.45, 7) is 4.04. The number of hydrogen-bond acceptors (Lipinski definition) is 2. The van der Waals surface area contributed by atoms with Crippen molar-refractivity contribution in [2.45, 2.75) is 19.2 Å². The maximum atomic E-state index is 4.39. The van der Waals surface area contributed by atoms with Gasteiger partial charge in [-0.15, -0.1) is 0 Å². The molecule has 4 nitrogen and oxygen atoms in total. The van der Waals surface area contributed by atoms with Gasteiger partial charge in [-0.25, -0.2) is 4.68 Å². The predicted molar refractivity (Wildman–Crippen MR) is 62.4 cm³/mol. The third kappa shape index (κ3) is 1.71. The minimum atomic E-state index is 0.793. The summed E-state index contributed by atoms with van der Waals surface area (Å²) in [5.41, 5.74) is 3.37. The third-order valence-corrected chi connectivity index (χ3v) is 2.94. The fourth-order valence-corrected chi connectivity index (χ4v) is 2.32. The van der Waals surface area contributed by atoms with Crippen molar-refractivity contribution in [3.05, 3.63) is 29.2 Å². The minimum absolute atomic E-state index is 0.793.